The normalized spacial score (nSPS) is 12.8. The van der Waals surface area contributed by atoms with Crippen molar-refractivity contribution in [3.63, 3.8) is 0 Å². The summed E-state index contributed by atoms with van der Waals surface area (Å²) in [6.45, 7) is 6.37. The molecule has 0 aliphatic carbocycles. The molecular formula is C15H24O2. The molecule has 1 N–H and O–H groups in total. The Labute approximate surface area is 105 Å². The lowest BCUT2D eigenvalue weighted by Gasteiger charge is -2.18. The standard InChI is InChI=1S/C15H24O2/c1-5-12(6-2)10-14(16)13-7-8-15(17-4)11(3)9-13/h7-9,12,14,16H,5-6,10H2,1-4H3. The zero-order valence-electron chi connectivity index (χ0n) is 11.4. The summed E-state index contributed by atoms with van der Waals surface area (Å²) in [5.41, 5.74) is 2.07. The van der Waals surface area contributed by atoms with E-state index in [4.69, 9.17) is 4.74 Å². The maximum absolute atomic E-state index is 10.2. The maximum atomic E-state index is 10.2. The molecule has 0 aromatic heterocycles. The molecule has 0 saturated carbocycles. The largest absolute Gasteiger partial charge is 0.496 e. The van der Waals surface area contributed by atoms with Crippen molar-refractivity contribution in [3.05, 3.63) is 29.3 Å². The first kappa shape index (κ1) is 14.0. The highest BCUT2D eigenvalue weighted by Crippen LogP contribution is 2.28. The van der Waals surface area contributed by atoms with Gasteiger partial charge in [0.1, 0.15) is 5.75 Å². The van der Waals surface area contributed by atoms with E-state index in [0.29, 0.717) is 5.92 Å². The van der Waals surface area contributed by atoms with Gasteiger partial charge in [-0.25, -0.2) is 0 Å². The minimum Gasteiger partial charge on any atom is -0.496 e. The second-order valence-electron chi connectivity index (χ2n) is 4.66. The van der Waals surface area contributed by atoms with Crippen LogP contribution in [-0.2, 0) is 0 Å². The van der Waals surface area contributed by atoms with Crippen molar-refractivity contribution in [1.29, 1.82) is 0 Å². The van der Waals surface area contributed by atoms with Crippen LogP contribution in [-0.4, -0.2) is 12.2 Å². The van der Waals surface area contributed by atoms with Crippen molar-refractivity contribution >= 4 is 0 Å². The first-order chi connectivity index (χ1) is 8.12. The molecule has 0 saturated heterocycles. The van der Waals surface area contributed by atoms with Crippen LogP contribution in [0.2, 0.25) is 0 Å². The molecule has 1 rings (SSSR count). The van der Waals surface area contributed by atoms with E-state index in [1.807, 2.05) is 25.1 Å². The van der Waals surface area contributed by atoms with Crippen molar-refractivity contribution < 1.29 is 9.84 Å². The Morgan fingerprint density at radius 1 is 1.24 bits per heavy atom. The predicted octanol–water partition coefficient (Wildman–Crippen LogP) is 3.86. The lowest BCUT2D eigenvalue weighted by Crippen LogP contribution is -2.06. The number of ether oxygens (including phenoxy) is 1. The molecule has 0 radical (unpaired) electrons. The van der Waals surface area contributed by atoms with Gasteiger partial charge in [0, 0.05) is 0 Å². The second kappa shape index (κ2) is 6.65. The Bertz CT molecular complexity index is 343. The van der Waals surface area contributed by atoms with Crippen LogP contribution >= 0.6 is 0 Å². The van der Waals surface area contributed by atoms with Crippen LogP contribution in [0.3, 0.4) is 0 Å². The van der Waals surface area contributed by atoms with Gasteiger partial charge in [-0.3, -0.25) is 0 Å². The Morgan fingerprint density at radius 3 is 2.35 bits per heavy atom. The maximum Gasteiger partial charge on any atom is 0.121 e. The number of hydrogen-bond donors (Lipinski definition) is 1. The zero-order chi connectivity index (χ0) is 12.8. The summed E-state index contributed by atoms with van der Waals surface area (Å²) in [6, 6.07) is 5.91. The Hall–Kier alpha value is -1.02. The monoisotopic (exact) mass is 236 g/mol. The molecule has 1 atom stereocenters. The van der Waals surface area contributed by atoms with Gasteiger partial charge in [0.25, 0.3) is 0 Å². The number of rotatable bonds is 6. The summed E-state index contributed by atoms with van der Waals surface area (Å²) in [4.78, 5) is 0. The summed E-state index contributed by atoms with van der Waals surface area (Å²) in [7, 11) is 1.67. The Balaban J connectivity index is 2.75. The summed E-state index contributed by atoms with van der Waals surface area (Å²) in [5, 5.41) is 10.2. The summed E-state index contributed by atoms with van der Waals surface area (Å²) in [5.74, 6) is 1.48. The van der Waals surface area contributed by atoms with E-state index >= 15 is 0 Å². The number of aryl methyl sites for hydroxylation is 1. The first-order valence-electron chi connectivity index (χ1n) is 6.44. The van der Waals surface area contributed by atoms with Crippen molar-refractivity contribution in [2.75, 3.05) is 7.11 Å². The average molecular weight is 236 g/mol. The van der Waals surface area contributed by atoms with Crippen LogP contribution in [0.5, 0.6) is 5.75 Å². The van der Waals surface area contributed by atoms with Gasteiger partial charge in [-0.2, -0.15) is 0 Å². The topological polar surface area (TPSA) is 29.5 Å². The predicted molar refractivity (Wildman–Crippen MR) is 71.4 cm³/mol. The molecule has 0 heterocycles. The minimum absolute atomic E-state index is 0.357. The van der Waals surface area contributed by atoms with Crippen LogP contribution in [0.4, 0.5) is 0 Å². The fourth-order valence-electron chi connectivity index (χ4n) is 2.18. The van der Waals surface area contributed by atoms with Crippen molar-refractivity contribution in [1.82, 2.24) is 0 Å². The van der Waals surface area contributed by atoms with E-state index in [-0.39, 0.29) is 6.10 Å². The molecule has 0 bridgehead atoms. The Kier molecular flexibility index (Phi) is 5.49. The van der Waals surface area contributed by atoms with Gasteiger partial charge in [0.05, 0.1) is 13.2 Å². The second-order valence-corrected chi connectivity index (χ2v) is 4.66. The van der Waals surface area contributed by atoms with Crippen molar-refractivity contribution in [3.8, 4) is 5.75 Å². The van der Waals surface area contributed by atoms with Crippen LogP contribution in [0, 0.1) is 12.8 Å². The fourth-order valence-corrected chi connectivity index (χ4v) is 2.18. The molecule has 0 aliphatic rings. The van der Waals surface area contributed by atoms with Crippen molar-refractivity contribution in [2.24, 2.45) is 5.92 Å². The van der Waals surface area contributed by atoms with Gasteiger partial charge in [0.2, 0.25) is 0 Å². The first-order valence-corrected chi connectivity index (χ1v) is 6.44. The third-order valence-corrected chi connectivity index (χ3v) is 3.51. The summed E-state index contributed by atoms with van der Waals surface area (Å²) >= 11 is 0. The average Bonchev–Trinajstić information content (AvgIpc) is 2.35. The lowest BCUT2D eigenvalue weighted by atomic mass is 9.92. The van der Waals surface area contributed by atoms with Gasteiger partial charge < -0.3 is 9.84 Å². The lowest BCUT2D eigenvalue weighted by molar-refractivity contribution is 0.141. The molecule has 96 valence electrons. The molecule has 1 aromatic carbocycles. The number of methoxy groups -OCH3 is 1. The minimum atomic E-state index is -0.357. The SMILES string of the molecule is CCC(CC)CC(O)c1ccc(OC)c(C)c1. The van der Waals surface area contributed by atoms with E-state index in [1.165, 1.54) is 0 Å². The number of aliphatic hydroxyl groups is 1. The van der Waals surface area contributed by atoms with Crippen molar-refractivity contribution in [2.45, 2.75) is 46.1 Å². The molecule has 2 heteroatoms. The van der Waals surface area contributed by atoms with E-state index < -0.39 is 0 Å². The molecule has 0 fully saturated rings. The molecule has 1 aromatic rings. The van der Waals surface area contributed by atoms with E-state index in [1.54, 1.807) is 7.11 Å². The van der Waals surface area contributed by atoms with Crippen LogP contribution < -0.4 is 4.74 Å². The van der Waals surface area contributed by atoms with Gasteiger partial charge in [-0.1, -0.05) is 32.8 Å². The van der Waals surface area contributed by atoms with Crippen LogP contribution in [0.25, 0.3) is 0 Å². The fraction of sp³-hybridized carbons (Fsp3) is 0.600. The number of benzene rings is 1. The highest BCUT2D eigenvalue weighted by molar-refractivity contribution is 5.36. The molecule has 0 aliphatic heterocycles. The van der Waals surface area contributed by atoms with E-state index in [2.05, 4.69) is 13.8 Å². The molecule has 17 heavy (non-hydrogen) atoms. The molecule has 1 unspecified atom stereocenters. The van der Waals surface area contributed by atoms with Gasteiger partial charge in [-0.05, 0) is 42.5 Å². The highest BCUT2D eigenvalue weighted by atomic mass is 16.5. The van der Waals surface area contributed by atoms with Gasteiger partial charge in [-0.15, -0.1) is 0 Å². The van der Waals surface area contributed by atoms with E-state index in [0.717, 1.165) is 36.1 Å². The third kappa shape index (κ3) is 3.74. The Morgan fingerprint density at radius 2 is 1.88 bits per heavy atom. The summed E-state index contributed by atoms with van der Waals surface area (Å²) in [6.07, 6.45) is 2.74. The quantitative estimate of drug-likeness (QED) is 0.812. The van der Waals surface area contributed by atoms with E-state index in [9.17, 15) is 5.11 Å². The third-order valence-electron chi connectivity index (χ3n) is 3.51. The summed E-state index contributed by atoms with van der Waals surface area (Å²) < 4.78 is 5.22. The zero-order valence-corrected chi connectivity index (χ0v) is 11.4. The van der Waals surface area contributed by atoms with Crippen LogP contribution in [0.15, 0.2) is 18.2 Å². The van der Waals surface area contributed by atoms with Gasteiger partial charge in [0.15, 0.2) is 0 Å². The molecule has 2 nitrogen and oxygen atoms in total. The molecular weight excluding hydrogens is 212 g/mol. The number of aliphatic hydroxyl groups excluding tert-OH is 1. The van der Waals surface area contributed by atoms with Crippen LogP contribution in [0.1, 0.15) is 50.3 Å². The van der Waals surface area contributed by atoms with Gasteiger partial charge >= 0.3 is 0 Å². The highest BCUT2D eigenvalue weighted by Gasteiger charge is 2.14. The molecule has 0 amide bonds. The smallest absolute Gasteiger partial charge is 0.121 e. The number of hydrogen-bond acceptors (Lipinski definition) is 2. The molecule has 0 spiro atoms.